The molecule has 0 bridgehead atoms. The average molecular weight is 638 g/mol. The van der Waals surface area contributed by atoms with E-state index in [1.165, 1.54) is 49.3 Å². The van der Waals surface area contributed by atoms with Crippen molar-refractivity contribution in [2.24, 2.45) is 0 Å². The van der Waals surface area contributed by atoms with Crippen LogP contribution in [0.25, 0.3) is 60.5 Å². The first-order valence-electron chi connectivity index (χ1n) is 16.8. The maximum atomic E-state index is 9.56. The molecule has 0 atom stereocenters. The van der Waals surface area contributed by atoms with Crippen molar-refractivity contribution in [2.45, 2.75) is 0 Å². The lowest BCUT2D eigenvalue weighted by atomic mass is 9.91. The van der Waals surface area contributed by atoms with Crippen LogP contribution in [0.15, 0.2) is 188 Å². The topological polar surface area (TPSA) is 32.0 Å². The third-order valence-corrected chi connectivity index (χ3v) is 9.61. The summed E-state index contributed by atoms with van der Waals surface area (Å²) >= 11 is 0. The Morgan fingerprint density at radius 3 is 1.60 bits per heavy atom. The van der Waals surface area contributed by atoms with Crippen LogP contribution in [0.2, 0.25) is 0 Å². The second-order valence-corrected chi connectivity index (χ2v) is 12.5. The lowest BCUT2D eigenvalue weighted by molar-refractivity contribution is 1.17. The SMILES string of the molecule is N#Cc1ccc(N(c2ccc(-c3cccc4cccc(-c5ccccc5)c34)cc2)c2cccc(-n3c4ccccc4c4ccccc43)c2)cc1. The van der Waals surface area contributed by atoms with E-state index in [1.807, 2.05) is 24.3 Å². The summed E-state index contributed by atoms with van der Waals surface area (Å²) < 4.78 is 2.35. The Morgan fingerprint density at radius 2 is 0.980 bits per heavy atom. The lowest BCUT2D eigenvalue weighted by Crippen LogP contribution is -2.10. The second kappa shape index (κ2) is 12.3. The first kappa shape index (κ1) is 29.3. The first-order valence-corrected chi connectivity index (χ1v) is 16.8. The summed E-state index contributed by atoms with van der Waals surface area (Å²) in [6.45, 7) is 0. The number of rotatable bonds is 6. The summed E-state index contributed by atoms with van der Waals surface area (Å²) in [5, 5.41) is 14.5. The highest BCUT2D eigenvalue weighted by molar-refractivity contribution is 6.09. The molecule has 0 unspecified atom stereocenters. The van der Waals surface area contributed by atoms with Gasteiger partial charge in [-0.05, 0) is 99.8 Å². The van der Waals surface area contributed by atoms with Gasteiger partial charge in [0.05, 0.1) is 22.7 Å². The van der Waals surface area contributed by atoms with E-state index in [2.05, 4.69) is 179 Å². The summed E-state index contributed by atoms with van der Waals surface area (Å²) in [5.41, 5.74) is 11.9. The van der Waals surface area contributed by atoms with Gasteiger partial charge in [0.2, 0.25) is 0 Å². The summed E-state index contributed by atoms with van der Waals surface area (Å²) in [5.74, 6) is 0. The molecule has 0 aliphatic heterocycles. The highest BCUT2D eigenvalue weighted by Gasteiger charge is 2.17. The smallest absolute Gasteiger partial charge is 0.0991 e. The minimum absolute atomic E-state index is 0.633. The number of hydrogen-bond donors (Lipinski definition) is 0. The molecule has 0 aliphatic rings. The molecule has 50 heavy (non-hydrogen) atoms. The van der Waals surface area contributed by atoms with Gasteiger partial charge in [-0.1, -0.05) is 121 Å². The monoisotopic (exact) mass is 637 g/mol. The van der Waals surface area contributed by atoms with Crippen molar-refractivity contribution in [1.82, 2.24) is 4.57 Å². The Hall–Kier alpha value is -6.89. The predicted octanol–water partition coefficient (Wildman–Crippen LogP) is 12.6. The van der Waals surface area contributed by atoms with Gasteiger partial charge >= 0.3 is 0 Å². The minimum Gasteiger partial charge on any atom is -0.310 e. The molecule has 1 heterocycles. The van der Waals surface area contributed by atoms with E-state index < -0.39 is 0 Å². The zero-order valence-corrected chi connectivity index (χ0v) is 27.2. The number of hydrogen-bond acceptors (Lipinski definition) is 2. The van der Waals surface area contributed by atoms with E-state index in [9.17, 15) is 5.26 Å². The van der Waals surface area contributed by atoms with Crippen LogP contribution in [-0.4, -0.2) is 4.57 Å². The number of fused-ring (bicyclic) bond motifs is 4. The Balaban J connectivity index is 1.18. The molecule has 0 saturated heterocycles. The van der Waals surface area contributed by atoms with Gasteiger partial charge < -0.3 is 9.47 Å². The molecule has 3 nitrogen and oxygen atoms in total. The van der Waals surface area contributed by atoms with Gasteiger partial charge in [0.1, 0.15) is 0 Å². The molecular weight excluding hydrogens is 607 g/mol. The van der Waals surface area contributed by atoms with Gasteiger partial charge in [-0.25, -0.2) is 0 Å². The Morgan fingerprint density at radius 1 is 0.440 bits per heavy atom. The fraction of sp³-hybridized carbons (Fsp3) is 0. The molecule has 234 valence electrons. The van der Waals surface area contributed by atoms with Gasteiger partial charge in [0.25, 0.3) is 0 Å². The van der Waals surface area contributed by atoms with Gasteiger partial charge in [-0.15, -0.1) is 0 Å². The number of anilines is 3. The number of benzene rings is 8. The van der Waals surface area contributed by atoms with Crippen molar-refractivity contribution in [2.75, 3.05) is 4.90 Å². The predicted molar refractivity (Wildman–Crippen MR) is 209 cm³/mol. The van der Waals surface area contributed by atoms with Crippen LogP contribution in [-0.2, 0) is 0 Å². The highest BCUT2D eigenvalue weighted by Crippen LogP contribution is 2.40. The fourth-order valence-electron chi connectivity index (χ4n) is 7.33. The molecular formula is C47H31N3. The van der Waals surface area contributed by atoms with Crippen molar-refractivity contribution in [3.8, 4) is 34.0 Å². The third kappa shape index (κ3) is 4.99. The summed E-state index contributed by atoms with van der Waals surface area (Å²) in [6.07, 6.45) is 0. The van der Waals surface area contributed by atoms with Crippen molar-refractivity contribution in [3.63, 3.8) is 0 Å². The molecule has 0 radical (unpaired) electrons. The van der Waals surface area contributed by atoms with Crippen molar-refractivity contribution < 1.29 is 0 Å². The van der Waals surface area contributed by atoms with E-state index >= 15 is 0 Å². The normalized spacial score (nSPS) is 11.2. The lowest BCUT2D eigenvalue weighted by Gasteiger charge is -2.26. The van der Waals surface area contributed by atoms with Crippen LogP contribution in [0.5, 0.6) is 0 Å². The number of nitriles is 1. The molecule has 0 spiro atoms. The Labute approximate surface area is 291 Å². The van der Waals surface area contributed by atoms with Crippen LogP contribution >= 0.6 is 0 Å². The fourth-order valence-corrected chi connectivity index (χ4v) is 7.33. The van der Waals surface area contributed by atoms with Crippen LogP contribution in [0, 0.1) is 11.3 Å². The number of aromatic nitrogens is 1. The molecule has 0 fully saturated rings. The zero-order valence-electron chi connectivity index (χ0n) is 27.2. The average Bonchev–Trinajstić information content (AvgIpc) is 3.53. The molecule has 9 aromatic rings. The zero-order chi connectivity index (χ0) is 33.4. The van der Waals surface area contributed by atoms with E-state index in [4.69, 9.17) is 0 Å². The molecule has 8 aromatic carbocycles. The third-order valence-electron chi connectivity index (χ3n) is 9.61. The van der Waals surface area contributed by atoms with Gasteiger partial charge in [0.15, 0.2) is 0 Å². The van der Waals surface area contributed by atoms with E-state index in [1.54, 1.807) is 0 Å². The van der Waals surface area contributed by atoms with Gasteiger partial charge in [-0.3, -0.25) is 0 Å². The quantitative estimate of drug-likeness (QED) is 0.182. The van der Waals surface area contributed by atoms with E-state index in [0.717, 1.165) is 28.3 Å². The van der Waals surface area contributed by atoms with Gasteiger partial charge in [-0.2, -0.15) is 5.26 Å². The first-order chi connectivity index (χ1) is 24.8. The summed E-state index contributed by atoms with van der Waals surface area (Å²) in [7, 11) is 0. The Bertz CT molecular complexity index is 2640. The minimum atomic E-state index is 0.633. The largest absolute Gasteiger partial charge is 0.310 e. The Kier molecular flexibility index (Phi) is 7.19. The van der Waals surface area contributed by atoms with Crippen LogP contribution in [0.1, 0.15) is 5.56 Å². The maximum Gasteiger partial charge on any atom is 0.0991 e. The van der Waals surface area contributed by atoms with Crippen LogP contribution in [0.4, 0.5) is 17.1 Å². The highest BCUT2D eigenvalue weighted by atomic mass is 15.1. The molecule has 3 heteroatoms. The van der Waals surface area contributed by atoms with Crippen LogP contribution < -0.4 is 4.90 Å². The number of nitrogens with zero attached hydrogens (tertiary/aromatic N) is 3. The van der Waals surface area contributed by atoms with Crippen molar-refractivity contribution >= 4 is 49.6 Å². The number of para-hydroxylation sites is 2. The maximum absolute atomic E-state index is 9.56. The summed E-state index contributed by atoms with van der Waals surface area (Å²) in [6, 6.07) is 68.5. The molecule has 0 N–H and O–H groups in total. The summed E-state index contributed by atoms with van der Waals surface area (Å²) in [4.78, 5) is 2.26. The van der Waals surface area contributed by atoms with Crippen LogP contribution in [0.3, 0.4) is 0 Å². The molecule has 0 saturated carbocycles. The van der Waals surface area contributed by atoms with E-state index in [-0.39, 0.29) is 0 Å². The molecule has 0 amide bonds. The standard InChI is InChI=1S/C47H31N3/c48-32-33-23-27-37(28-24-33)49(39-15-10-16-40(31-39)50-45-21-6-4-17-43(45)44-18-5-7-22-46(44)50)38-29-25-35(26-30-38)42-20-9-14-36-13-8-19-41(47(36)42)34-11-2-1-3-12-34/h1-31H. The van der Waals surface area contributed by atoms with Crippen molar-refractivity contribution in [3.05, 3.63) is 194 Å². The second-order valence-electron chi connectivity index (χ2n) is 12.5. The molecule has 9 rings (SSSR count). The van der Waals surface area contributed by atoms with Crippen molar-refractivity contribution in [1.29, 1.82) is 5.26 Å². The van der Waals surface area contributed by atoms with E-state index in [0.29, 0.717) is 5.56 Å². The molecule has 0 aliphatic carbocycles. The van der Waals surface area contributed by atoms with Gasteiger partial charge in [0, 0.05) is 33.5 Å². The molecule has 1 aromatic heterocycles.